The highest BCUT2D eigenvalue weighted by Gasteiger charge is 2.43. The molecule has 0 aromatic heterocycles. The summed E-state index contributed by atoms with van der Waals surface area (Å²) >= 11 is 0. The van der Waals surface area contributed by atoms with E-state index in [-0.39, 0.29) is 6.04 Å². The molecule has 1 rings (SSSR count). The Labute approximate surface area is 65.9 Å². The van der Waals surface area contributed by atoms with Gasteiger partial charge in [-0.1, -0.05) is 0 Å². The molecule has 0 saturated carbocycles. The number of aliphatic hydroxyl groups is 3. The summed E-state index contributed by atoms with van der Waals surface area (Å²) < 4.78 is 0. The van der Waals surface area contributed by atoms with Gasteiger partial charge in [-0.15, -0.1) is 0 Å². The molecule has 11 heavy (non-hydrogen) atoms. The van der Waals surface area contributed by atoms with E-state index in [1.807, 2.05) is 0 Å². The lowest BCUT2D eigenvalue weighted by Gasteiger charge is -2.42. The third kappa shape index (κ3) is 1.39. The van der Waals surface area contributed by atoms with Crippen LogP contribution in [0.25, 0.3) is 0 Å². The summed E-state index contributed by atoms with van der Waals surface area (Å²) in [5.41, 5.74) is -1.24. The minimum absolute atomic E-state index is 0.194. The van der Waals surface area contributed by atoms with Gasteiger partial charge < -0.3 is 20.6 Å². The van der Waals surface area contributed by atoms with Gasteiger partial charge in [0.25, 0.3) is 0 Å². The van der Waals surface area contributed by atoms with Crippen LogP contribution in [0.5, 0.6) is 0 Å². The third-order valence-electron chi connectivity index (χ3n) is 2.47. The van der Waals surface area contributed by atoms with Crippen LogP contribution in [0.4, 0.5) is 0 Å². The van der Waals surface area contributed by atoms with E-state index < -0.39 is 17.8 Å². The van der Waals surface area contributed by atoms with Crippen LogP contribution >= 0.6 is 0 Å². The molecule has 0 bridgehead atoms. The molecule has 4 heteroatoms. The largest absolute Gasteiger partial charge is 0.389 e. The molecule has 1 heterocycles. The summed E-state index contributed by atoms with van der Waals surface area (Å²) in [7, 11) is 0. The van der Waals surface area contributed by atoms with E-state index >= 15 is 0 Å². The van der Waals surface area contributed by atoms with Gasteiger partial charge >= 0.3 is 0 Å². The fourth-order valence-electron chi connectivity index (χ4n) is 1.26. The van der Waals surface area contributed by atoms with Crippen LogP contribution in [0.1, 0.15) is 13.8 Å². The molecule has 0 amide bonds. The normalized spacial score (nSPS) is 52.6. The Morgan fingerprint density at radius 2 is 2.00 bits per heavy atom. The molecule has 0 aromatic rings. The standard InChI is InChI=1S/C7H15NO3/c1-4-7(2,11)6(10)5(9)3-8-4/h4-6,8-11H,3H2,1-2H3/t4-,5-,6+,7-/m1/s1. The highest BCUT2D eigenvalue weighted by atomic mass is 16.4. The molecule has 4 N–H and O–H groups in total. The predicted molar refractivity (Wildman–Crippen MR) is 40.1 cm³/mol. The van der Waals surface area contributed by atoms with Gasteiger partial charge in [0, 0.05) is 12.6 Å². The zero-order chi connectivity index (χ0) is 8.65. The zero-order valence-electron chi connectivity index (χ0n) is 6.78. The zero-order valence-corrected chi connectivity index (χ0v) is 6.78. The minimum atomic E-state index is -1.24. The first-order valence-electron chi connectivity index (χ1n) is 3.78. The lowest BCUT2D eigenvalue weighted by molar-refractivity contribution is -0.149. The maximum absolute atomic E-state index is 9.61. The molecule has 1 fully saturated rings. The predicted octanol–water partition coefficient (Wildman–Crippen LogP) is -1.55. The molecule has 0 aliphatic carbocycles. The van der Waals surface area contributed by atoms with Crippen molar-refractivity contribution in [2.45, 2.75) is 37.7 Å². The second-order valence-electron chi connectivity index (χ2n) is 3.37. The second kappa shape index (κ2) is 2.71. The lowest BCUT2D eigenvalue weighted by Crippen LogP contribution is -2.65. The lowest BCUT2D eigenvalue weighted by atomic mass is 9.84. The van der Waals surface area contributed by atoms with Gasteiger partial charge in [-0.3, -0.25) is 0 Å². The SMILES string of the molecule is C[C@H]1NC[C@@H](O)[C@H](O)[C@]1(C)O. The number of aliphatic hydroxyl groups excluding tert-OH is 2. The quantitative estimate of drug-likeness (QED) is 0.347. The summed E-state index contributed by atoms with van der Waals surface area (Å²) in [6.07, 6.45) is -1.93. The molecule has 1 aliphatic rings. The maximum atomic E-state index is 9.61. The molecule has 1 aliphatic heterocycles. The summed E-state index contributed by atoms with van der Waals surface area (Å²) in [6, 6.07) is -0.194. The van der Waals surface area contributed by atoms with Gasteiger partial charge in [-0.05, 0) is 13.8 Å². The van der Waals surface area contributed by atoms with Crippen molar-refractivity contribution in [2.24, 2.45) is 0 Å². The summed E-state index contributed by atoms with van der Waals surface area (Å²) in [6.45, 7) is 3.62. The van der Waals surface area contributed by atoms with Gasteiger partial charge in [0.15, 0.2) is 0 Å². The topological polar surface area (TPSA) is 72.7 Å². The fraction of sp³-hybridized carbons (Fsp3) is 1.00. The van der Waals surface area contributed by atoms with Crippen LogP contribution in [0.3, 0.4) is 0 Å². The van der Waals surface area contributed by atoms with Crippen molar-refractivity contribution in [3.63, 3.8) is 0 Å². The van der Waals surface area contributed by atoms with Gasteiger partial charge in [-0.2, -0.15) is 0 Å². The number of hydrogen-bond acceptors (Lipinski definition) is 4. The van der Waals surface area contributed by atoms with Crippen molar-refractivity contribution in [1.29, 1.82) is 0 Å². The Kier molecular flexibility index (Phi) is 2.20. The Hall–Kier alpha value is -0.160. The molecule has 0 radical (unpaired) electrons. The number of β-amino-alcohol motifs (C(OH)–C–C–N with tert-alkyl or cyclic N) is 1. The highest BCUT2D eigenvalue weighted by Crippen LogP contribution is 2.21. The number of rotatable bonds is 0. The maximum Gasteiger partial charge on any atom is 0.111 e. The van der Waals surface area contributed by atoms with Crippen LogP contribution in [0.15, 0.2) is 0 Å². The van der Waals surface area contributed by atoms with Crippen molar-refractivity contribution in [3.8, 4) is 0 Å². The number of nitrogens with one attached hydrogen (secondary N) is 1. The molecule has 0 spiro atoms. The van der Waals surface area contributed by atoms with Crippen LogP contribution in [0.2, 0.25) is 0 Å². The number of hydrogen-bond donors (Lipinski definition) is 4. The summed E-state index contributed by atoms with van der Waals surface area (Å²) in [5, 5.41) is 31.0. The van der Waals surface area contributed by atoms with Gasteiger partial charge in [0.1, 0.15) is 11.7 Å². The van der Waals surface area contributed by atoms with Crippen LogP contribution in [-0.4, -0.2) is 45.7 Å². The minimum Gasteiger partial charge on any atom is -0.389 e. The fourth-order valence-corrected chi connectivity index (χ4v) is 1.26. The molecule has 0 aromatic carbocycles. The third-order valence-corrected chi connectivity index (χ3v) is 2.47. The van der Waals surface area contributed by atoms with Gasteiger partial charge in [0.05, 0.1) is 6.10 Å². The number of piperidine rings is 1. The molecule has 4 atom stereocenters. The van der Waals surface area contributed by atoms with E-state index in [1.54, 1.807) is 6.92 Å². The molecule has 0 unspecified atom stereocenters. The van der Waals surface area contributed by atoms with Crippen LogP contribution < -0.4 is 5.32 Å². The van der Waals surface area contributed by atoms with E-state index in [0.717, 1.165) is 0 Å². The monoisotopic (exact) mass is 161 g/mol. The summed E-state index contributed by atoms with van der Waals surface area (Å²) in [4.78, 5) is 0. The first-order chi connectivity index (χ1) is 4.96. The molecular weight excluding hydrogens is 146 g/mol. The first kappa shape index (κ1) is 8.93. The van der Waals surface area contributed by atoms with E-state index in [2.05, 4.69) is 5.32 Å². The van der Waals surface area contributed by atoms with E-state index in [1.165, 1.54) is 6.92 Å². The summed E-state index contributed by atoms with van der Waals surface area (Å²) in [5.74, 6) is 0. The van der Waals surface area contributed by atoms with E-state index in [0.29, 0.717) is 6.54 Å². The van der Waals surface area contributed by atoms with E-state index in [9.17, 15) is 10.2 Å². The van der Waals surface area contributed by atoms with Gasteiger partial charge in [0.2, 0.25) is 0 Å². The van der Waals surface area contributed by atoms with Crippen molar-refractivity contribution in [2.75, 3.05) is 6.54 Å². The molecule has 1 saturated heterocycles. The van der Waals surface area contributed by atoms with Crippen LogP contribution in [-0.2, 0) is 0 Å². The highest BCUT2D eigenvalue weighted by molar-refractivity contribution is 4.99. The molecule has 4 nitrogen and oxygen atoms in total. The smallest absolute Gasteiger partial charge is 0.111 e. The van der Waals surface area contributed by atoms with Crippen molar-refractivity contribution in [1.82, 2.24) is 5.32 Å². The van der Waals surface area contributed by atoms with Crippen LogP contribution in [0, 0.1) is 0 Å². The van der Waals surface area contributed by atoms with Crippen molar-refractivity contribution < 1.29 is 15.3 Å². The van der Waals surface area contributed by atoms with Crippen molar-refractivity contribution >= 4 is 0 Å². The first-order valence-corrected chi connectivity index (χ1v) is 3.78. The Balaban J connectivity index is 2.72. The second-order valence-corrected chi connectivity index (χ2v) is 3.37. The Bertz CT molecular complexity index is 149. The Morgan fingerprint density at radius 1 is 1.45 bits per heavy atom. The average Bonchev–Trinajstić information content (AvgIpc) is 1.95. The molecule has 66 valence electrons. The van der Waals surface area contributed by atoms with Crippen molar-refractivity contribution in [3.05, 3.63) is 0 Å². The van der Waals surface area contributed by atoms with Gasteiger partial charge in [-0.25, -0.2) is 0 Å². The Morgan fingerprint density at radius 3 is 2.45 bits per heavy atom. The van der Waals surface area contributed by atoms with E-state index in [4.69, 9.17) is 5.11 Å². The molecular formula is C7H15NO3. The average molecular weight is 161 g/mol.